The largest absolute Gasteiger partial charge is 0.349 e. The molecule has 26 heavy (non-hydrogen) atoms. The maximum absolute atomic E-state index is 12.5. The third-order valence-corrected chi connectivity index (χ3v) is 4.79. The van der Waals surface area contributed by atoms with E-state index in [9.17, 15) is 9.59 Å². The van der Waals surface area contributed by atoms with Crippen molar-refractivity contribution in [2.45, 2.75) is 31.8 Å². The van der Waals surface area contributed by atoms with Crippen molar-refractivity contribution in [3.05, 3.63) is 71.8 Å². The minimum atomic E-state index is -0.0498. The van der Waals surface area contributed by atoms with E-state index in [1.54, 1.807) is 0 Å². The molecule has 1 aliphatic rings. The second-order valence-corrected chi connectivity index (χ2v) is 6.68. The van der Waals surface area contributed by atoms with Crippen LogP contribution in [0.1, 0.15) is 41.7 Å². The zero-order chi connectivity index (χ0) is 18.4. The second-order valence-electron chi connectivity index (χ2n) is 6.68. The number of hydrogen-bond acceptors (Lipinski definition) is 2. The van der Waals surface area contributed by atoms with Gasteiger partial charge in [0.05, 0.1) is 6.04 Å². The molecule has 0 saturated carbocycles. The van der Waals surface area contributed by atoms with Crippen LogP contribution in [0.4, 0.5) is 4.79 Å². The summed E-state index contributed by atoms with van der Waals surface area (Å²) in [6.07, 6.45) is 1.54. The summed E-state index contributed by atoms with van der Waals surface area (Å²) in [7, 11) is 0. The van der Waals surface area contributed by atoms with Crippen molar-refractivity contribution in [2.24, 2.45) is 0 Å². The van der Waals surface area contributed by atoms with Gasteiger partial charge in [-0.1, -0.05) is 48.5 Å². The summed E-state index contributed by atoms with van der Waals surface area (Å²) in [5.41, 5.74) is 1.76. The fourth-order valence-electron chi connectivity index (χ4n) is 3.19. The maximum Gasteiger partial charge on any atom is 0.317 e. The molecule has 1 atom stereocenters. The first-order chi connectivity index (χ1) is 12.6. The van der Waals surface area contributed by atoms with Crippen LogP contribution in [0.5, 0.6) is 0 Å². The Bertz CT molecular complexity index is 725. The maximum atomic E-state index is 12.5. The first-order valence-corrected chi connectivity index (χ1v) is 9.10. The summed E-state index contributed by atoms with van der Waals surface area (Å²) >= 11 is 0. The molecule has 0 spiro atoms. The smallest absolute Gasteiger partial charge is 0.317 e. The molecule has 0 bridgehead atoms. The van der Waals surface area contributed by atoms with Gasteiger partial charge in [-0.2, -0.15) is 0 Å². The van der Waals surface area contributed by atoms with Gasteiger partial charge >= 0.3 is 6.03 Å². The van der Waals surface area contributed by atoms with Gasteiger partial charge in [-0.3, -0.25) is 4.79 Å². The van der Waals surface area contributed by atoms with Gasteiger partial charge in [0.2, 0.25) is 0 Å². The molecule has 1 saturated heterocycles. The zero-order valence-corrected chi connectivity index (χ0v) is 15.0. The van der Waals surface area contributed by atoms with Crippen molar-refractivity contribution in [2.75, 3.05) is 13.1 Å². The van der Waals surface area contributed by atoms with Crippen molar-refractivity contribution < 1.29 is 9.59 Å². The lowest BCUT2D eigenvalue weighted by atomic mass is 10.0. The molecule has 5 heteroatoms. The Morgan fingerprint density at radius 2 is 1.54 bits per heavy atom. The van der Waals surface area contributed by atoms with E-state index in [-0.39, 0.29) is 24.0 Å². The summed E-state index contributed by atoms with van der Waals surface area (Å²) in [6.45, 7) is 3.28. The lowest BCUT2D eigenvalue weighted by Gasteiger charge is -2.33. The van der Waals surface area contributed by atoms with E-state index in [4.69, 9.17) is 0 Å². The molecule has 0 aliphatic carbocycles. The Kier molecular flexibility index (Phi) is 5.89. The number of carbonyl (C=O) groups excluding carboxylic acids is 2. The number of piperidine rings is 1. The quantitative estimate of drug-likeness (QED) is 0.887. The van der Waals surface area contributed by atoms with Gasteiger partial charge in [-0.25, -0.2) is 4.79 Å². The van der Waals surface area contributed by atoms with Crippen LogP contribution in [0.25, 0.3) is 0 Å². The summed E-state index contributed by atoms with van der Waals surface area (Å²) < 4.78 is 0. The number of rotatable bonds is 4. The fraction of sp³-hybridized carbons (Fsp3) is 0.333. The minimum Gasteiger partial charge on any atom is -0.349 e. The molecule has 0 aromatic heterocycles. The topological polar surface area (TPSA) is 61.4 Å². The molecule has 3 rings (SSSR count). The molecular formula is C21H25N3O2. The van der Waals surface area contributed by atoms with E-state index in [0.29, 0.717) is 18.7 Å². The zero-order valence-electron chi connectivity index (χ0n) is 15.0. The van der Waals surface area contributed by atoms with Crippen LogP contribution in [-0.4, -0.2) is 36.0 Å². The molecule has 1 fully saturated rings. The van der Waals surface area contributed by atoms with E-state index >= 15 is 0 Å². The highest BCUT2D eigenvalue weighted by atomic mass is 16.2. The molecular weight excluding hydrogens is 326 g/mol. The number of amides is 3. The number of carbonyl (C=O) groups is 2. The minimum absolute atomic E-state index is 0.0285. The van der Waals surface area contributed by atoms with Crippen molar-refractivity contribution >= 4 is 11.9 Å². The van der Waals surface area contributed by atoms with E-state index in [0.717, 1.165) is 18.4 Å². The first kappa shape index (κ1) is 18.0. The summed E-state index contributed by atoms with van der Waals surface area (Å²) in [5, 5.41) is 6.11. The van der Waals surface area contributed by atoms with Crippen LogP contribution in [0, 0.1) is 0 Å². The molecule has 2 aromatic carbocycles. The van der Waals surface area contributed by atoms with Crippen LogP contribution in [0.15, 0.2) is 60.7 Å². The van der Waals surface area contributed by atoms with Gasteiger partial charge < -0.3 is 15.5 Å². The molecule has 1 aliphatic heterocycles. The number of hydrogen-bond donors (Lipinski definition) is 2. The van der Waals surface area contributed by atoms with Crippen LogP contribution < -0.4 is 10.6 Å². The average molecular weight is 351 g/mol. The predicted molar refractivity (Wildman–Crippen MR) is 102 cm³/mol. The van der Waals surface area contributed by atoms with E-state index in [1.807, 2.05) is 72.5 Å². The third kappa shape index (κ3) is 4.63. The number of urea groups is 1. The number of nitrogens with one attached hydrogen (secondary N) is 2. The molecule has 3 amide bonds. The van der Waals surface area contributed by atoms with Gasteiger partial charge in [-0.05, 0) is 37.5 Å². The van der Waals surface area contributed by atoms with Gasteiger partial charge in [0, 0.05) is 24.7 Å². The normalized spacial score (nSPS) is 16.0. The Balaban J connectivity index is 1.46. The van der Waals surface area contributed by atoms with Gasteiger partial charge in [0.1, 0.15) is 0 Å². The average Bonchev–Trinajstić information content (AvgIpc) is 2.69. The Morgan fingerprint density at radius 3 is 2.15 bits per heavy atom. The third-order valence-electron chi connectivity index (χ3n) is 4.79. The predicted octanol–water partition coefficient (Wildman–Crippen LogP) is 3.35. The molecule has 2 aromatic rings. The van der Waals surface area contributed by atoms with Crippen LogP contribution in [0.3, 0.4) is 0 Å². The summed E-state index contributed by atoms with van der Waals surface area (Å²) in [6, 6.07) is 19.2. The Labute approximate surface area is 154 Å². The molecule has 136 valence electrons. The molecule has 5 nitrogen and oxygen atoms in total. The SMILES string of the molecule is C[C@H](NC(=O)N1CCC(NC(=O)c2ccccc2)CC1)c1ccccc1. The molecule has 0 radical (unpaired) electrons. The standard InChI is InChI=1S/C21H25N3O2/c1-16(17-8-4-2-5-9-17)22-21(26)24-14-12-19(13-15-24)23-20(25)18-10-6-3-7-11-18/h2-11,16,19H,12-15H2,1H3,(H,22,26)(H,23,25)/t16-/m0/s1. The number of benzene rings is 2. The van der Waals surface area contributed by atoms with Crippen LogP contribution in [-0.2, 0) is 0 Å². The lowest BCUT2D eigenvalue weighted by Crippen LogP contribution is -2.49. The fourth-order valence-corrected chi connectivity index (χ4v) is 3.19. The summed E-state index contributed by atoms with van der Waals surface area (Å²) in [4.78, 5) is 26.5. The summed E-state index contributed by atoms with van der Waals surface area (Å²) in [5.74, 6) is -0.0498. The molecule has 0 unspecified atom stereocenters. The monoisotopic (exact) mass is 351 g/mol. The van der Waals surface area contributed by atoms with Crippen molar-refractivity contribution in [3.8, 4) is 0 Å². The van der Waals surface area contributed by atoms with E-state index < -0.39 is 0 Å². The van der Waals surface area contributed by atoms with Crippen LogP contribution in [0.2, 0.25) is 0 Å². The Morgan fingerprint density at radius 1 is 0.962 bits per heavy atom. The number of likely N-dealkylation sites (tertiary alicyclic amines) is 1. The second kappa shape index (κ2) is 8.52. The van der Waals surface area contributed by atoms with Crippen molar-refractivity contribution in [1.82, 2.24) is 15.5 Å². The highest BCUT2D eigenvalue weighted by molar-refractivity contribution is 5.94. The van der Waals surface area contributed by atoms with Crippen molar-refractivity contribution in [3.63, 3.8) is 0 Å². The lowest BCUT2D eigenvalue weighted by molar-refractivity contribution is 0.0917. The van der Waals surface area contributed by atoms with E-state index in [2.05, 4.69) is 10.6 Å². The Hall–Kier alpha value is -2.82. The first-order valence-electron chi connectivity index (χ1n) is 9.10. The van der Waals surface area contributed by atoms with Gasteiger partial charge in [0.25, 0.3) is 5.91 Å². The van der Waals surface area contributed by atoms with Gasteiger partial charge in [-0.15, -0.1) is 0 Å². The highest BCUT2D eigenvalue weighted by Gasteiger charge is 2.25. The van der Waals surface area contributed by atoms with Crippen LogP contribution >= 0.6 is 0 Å². The van der Waals surface area contributed by atoms with E-state index in [1.165, 1.54) is 0 Å². The number of nitrogens with zero attached hydrogens (tertiary/aromatic N) is 1. The van der Waals surface area contributed by atoms with Crippen molar-refractivity contribution in [1.29, 1.82) is 0 Å². The highest BCUT2D eigenvalue weighted by Crippen LogP contribution is 2.15. The molecule has 1 heterocycles. The van der Waals surface area contributed by atoms with Gasteiger partial charge in [0.15, 0.2) is 0 Å². The molecule has 2 N–H and O–H groups in total.